The first-order chi connectivity index (χ1) is 12.0. The van der Waals surface area contributed by atoms with Gasteiger partial charge < -0.3 is 20.1 Å². The summed E-state index contributed by atoms with van der Waals surface area (Å²) in [4.78, 5) is 27.4. The van der Waals surface area contributed by atoms with Crippen LogP contribution in [0.25, 0.3) is 11.3 Å². The average molecular weight is 342 g/mol. The molecule has 0 saturated carbocycles. The molecule has 0 fully saturated rings. The molecule has 2 rings (SSSR count). The van der Waals surface area contributed by atoms with E-state index in [4.69, 9.17) is 0 Å². The number of nitrogens with zero attached hydrogens (tertiary/aromatic N) is 4. The summed E-state index contributed by atoms with van der Waals surface area (Å²) in [5.41, 5.74) is 2.08. The third-order valence-electron chi connectivity index (χ3n) is 3.66. The minimum absolute atomic E-state index is 0.0341. The van der Waals surface area contributed by atoms with Crippen LogP contribution in [0.4, 0.5) is 0 Å². The summed E-state index contributed by atoms with van der Waals surface area (Å²) in [6.07, 6.45) is 1.83. The maximum atomic E-state index is 11.7. The van der Waals surface area contributed by atoms with Crippen LogP contribution in [0.1, 0.15) is 12.7 Å². The molecule has 0 aliphatic heterocycles. The van der Waals surface area contributed by atoms with E-state index in [1.165, 1.54) is 4.90 Å². The molecule has 0 bridgehead atoms. The first-order valence-corrected chi connectivity index (χ1v) is 8.30. The molecule has 0 radical (unpaired) electrons. The number of imidazole rings is 1. The number of hydrogen-bond donors (Lipinski definition) is 2. The molecule has 25 heavy (non-hydrogen) atoms. The molecule has 0 saturated heterocycles. The molecule has 0 unspecified atom stereocenters. The van der Waals surface area contributed by atoms with E-state index in [9.17, 15) is 4.79 Å². The summed E-state index contributed by atoms with van der Waals surface area (Å²) >= 11 is 0. The van der Waals surface area contributed by atoms with Gasteiger partial charge in [0, 0.05) is 27.7 Å². The largest absolute Gasteiger partial charge is 0.357 e. The van der Waals surface area contributed by atoms with E-state index in [1.807, 2.05) is 55.4 Å². The van der Waals surface area contributed by atoms with Gasteiger partial charge in [-0.15, -0.1) is 0 Å². The average Bonchev–Trinajstić information content (AvgIpc) is 3.07. The number of likely N-dealkylation sites (N-methyl/N-ethyl adjacent to an activating group) is 1. The van der Waals surface area contributed by atoms with Crippen LogP contribution in [0, 0.1) is 0 Å². The van der Waals surface area contributed by atoms with Gasteiger partial charge in [0.15, 0.2) is 5.96 Å². The third-order valence-corrected chi connectivity index (χ3v) is 3.66. The van der Waals surface area contributed by atoms with Gasteiger partial charge in [0.2, 0.25) is 5.91 Å². The molecular weight excluding hydrogens is 316 g/mol. The van der Waals surface area contributed by atoms with Crippen molar-refractivity contribution in [1.29, 1.82) is 0 Å². The molecule has 134 valence electrons. The molecule has 2 aromatic rings. The highest BCUT2D eigenvalue weighted by atomic mass is 16.2. The van der Waals surface area contributed by atoms with Gasteiger partial charge in [-0.3, -0.25) is 4.79 Å². The summed E-state index contributed by atoms with van der Waals surface area (Å²) in [6, 6.07) is 10.1. The van der Waals surface area contributed by atoms with Crippen LogP contribution in [-0.4, -0.2) is 65.9 Å². The van der Waals surface area contributed by atoms with Crippen molar-refractivity contribution in [3.05, 3.63) is 42.4 Å². The van der Waals surface area contributed by atoms with Crippen molar-refractivity contribution in [1.82, 2.24) is 25.1 Å². The highest BCUT2D eigenvalue weighted by Crippen LogP contribution is 2.16. The summed E-state index contributed by atoms with van der Waals surface area (Å²) < 4.78 is 0. The molecule has 7 heteroatoms. The van der Waals surface area contributed by atoms with Crippen LogP contribution in [-0.2, 0) is 11.3 Å². The predicted molar refractivity (Wildman–Crippen MR) is 100 cm³/mol. The fraction of sp³-hybridized carbons (Fsp3) is 0.389. The van der Waals surface area contributed by atoms with Gasteiger partial charge >= 0.3 is 0 Å². The number of carbonyl (C=O) groups excluding carboxylic acids is 1. The van der Waals surface area contributed by atoms with Crippen molar-refractivity contribution in [2.75, 3.05) is 34.2 Å². The number of benzene rings is 1. The highest BCUT2D eigenvalue weighted by molar-refractivity contribution is 5.84. The second kappa shape index (κ2) is 8.86. The maximum absolute atomic E-state index is 11.7. The number of aliphatic imine (C=N–C) groups is 1. The number of nitrogens with one attached hydrogen (secondary N) is 2. The zero-order chi connectivity index (χ0) is 18.2. The molecule has 1 aromatic heterocycles. The van der Waals surface area contributed by atoms with Gasteiger partial charge in [-0.1, -0.05) is 30.3 Å². The Balaban J connectivity index is 2.05. The molecule has 0 spiro atoms. The number of amides is 1. The lowest BCUT2D eigenvalue weighted by atomic mass is 10.2. The van der Waals surface area contributed by atoms with Crippen LogP contribution >= 0.6 is 0 Å². The molecular formula is C18H26N6O. The van der Waals surface area contributed by atoms with E-state index < -0.39 is 0 Å². The Bertz CT molecular complexity index is 707. The van der Waals surface area contributed by atoms with E-state index in [0.717, 1.165) is 23.6 Å². The lowest BCUT2D eigenvalue weighted by Gasteiger charge is -2.21. The van der Waals surface area contributed by atoms with Gasteiger partial charge in [0.25, 0.3) is 0 Å². The number of carbonyl (C=O) groups is 1. The van der Waals surface area contributed by atoms with E-state index in [1.54, 1.807) is 14.1 Å². The monoisotopic (exact) mass is 342 g/mol. The molecule has 1 heterocycles. The zero-order valence-electron chi connectivity index (χ0n) is 15.3. The van der Waals surface area contributed by atoms with Crippen molar-refractivity contribution in [2.45, 2.75) is 13.5 Å². The van der Waals surface area contributed by atoms with Crippen molar-refractivity contribution in [3.63, 3.8) is 0 Å². The summed E-state index contributed by atoms with van der Waals surface area (Å²) in [6.45, 7) is 3.41. The van der Waals surface area contributed by atoms with E-state index in [-0.39, 0.29) is 12.5 Å². The van der Waals surface area contributed by atoms with Gasteiger partial charge in [0.1, 0.15) is 12.4 Å². The van der Waals surface area contributed by atoms with E-state index in [2.05, 4.69) is 20.3 Å². The summed E-state index contributed by atoms with van der Waals surface area (Å²) in [5, 5.41) is 3.20. The van der Waals surface area contributed by atoms with Gasteiger partial charge in [-0.25, -0.2) is 9.98 Å². The Morgan fingerprint density at radius 2 is 1.96 bits per heavy atom. The third kappa shape index (κ3) is 5.34. The minimum Gasteiger partial charge on any atom is -0.357 e. The molecule has 0 aliphatic carbocycles. The smallest absolute Gasteiger partial charge is 0.243 e. The lowest BCUT2D eigenvalue weighted by Crippen LogP contribution is -2.39. The van der Waals surface area contributed by atoms with Crippen LogP contribution in [0.2, 0.25) is 0 Å². The van der Waals surface area contributed by atoms with Crippen LogP contribution in [0.3, 0.4) is 0 Å². The zero-order valence-corrected chi connectivity index (χ0v) is 15.3. The Hall–Kier alpha value is -2.83. The van der Waals surface area contributed by atoms with Crippen molar-refractivity contribution in [2.24, 2.45) is 4.99 Å². The quantitative estimate of drug-likeness (QED) is 0.617. The Labute approximate surface area is 148 Å². The molecule has 1 amide bonds. The number of hydrogen-bond acceptors (Lipinski definition) is 3. The normalized spacial score (nSPS) is 11.3. The number of H-pyrrole nitrogens is 1. The molecule has 0 atom stereocenters. The molecule has 2 N–H and O–H groups in total. The Morgan fingerprint density at radius 3 is 2.60 bits per heavy atom. The molecule has 0 aliphatic rings. The van der Waals surface area contributed by atoms with Crippen LogP contribution in [0.5, 0.6) is 0 Å². The Kier molecular flexibility index (Phi) is 6.56. The fourth-order valence-electron chi connectivity index (χ4n) is 2.26. The van der Waals surface area contributed by atoms with Crippen molar-refractivity contribution < 1.29 is 4.79 Å². The SMILES string of the molecule is CCNC(=NCC(=O)N(C)C)N(C)Cc1ncc(-c2ccccc2)[nH]1. The number of guanidine groups is 1. The topological polar surface area (TPSA) is 76.6 Å². The van der Waals surface area contributed by atoms with Crippen molar-refractivity contribution >= 4 is 11.9 Å². The second-order valence-electron chi connectivity index (χ2n) is 5.92. The highest BCUT2D eigenvalue weighted by Gasteiger charge is 2.11. The maximum Gasteiger partial charge on any atom is 0.243 e. The number of rotatable bonds is 6. The number of aromatic nitrogens is 2. The van der Waals surface area contributed by atoms with Gasteiger partial charge in [0.05, 0.1) is 18.4 Å². The van der Waals surface area contributed by atoms with Crippen molar-refractivity contribution in [3.8, 4) is 11.3 Å². The standard InChI is InChI=1S/C18H26N6O/c1-5-19-18(21-12-17(25)23(2)3)24(4)13-16-20-11-15(22-16)14-9-7-6-8-10-14/h6-11H,5,12-13H2,1-4H3,(H,19,21)(H,20,22). The van der Waals surface area contributed by atoms with Crippen LogP contribution in [0.15, 0.2) is 41.5 Å². The summed E-state index contributed by atoms with van der Waals surface area (Å²) in [5.74, 6) is 1.48. The minimum atomic E-state index is -0.0341. The fourth-order valence-corrected chi connectivity index (χ4v) is 2.26. The number of aromatic amines is 1. The van der Waals surface area contributed by atoms with Gasteiger partial charge in [-0.2, -0.15) is 0 Å². The lowest BCUT2D eigenvalue weighted by molar-refractivity contribution is -0.127. The first-order valence-electron chi connectivity index (χ1n) is 8.30. The van der Waals surface area contributed by atoms with E-state index >= 15 is 0 Å². The predicted octanol–water partition coefficient (Wildman–Crippen LogP) is 1.56. The second-order valence-corrected chi connectivity index (χ2v) is 5.92. The first kappa shape index (κ1) is 18.5. The molecule has 1 aromatic carbocycles. The summed E-state index contributed by atoms with van der Waals surface area (Å²) in [7, 11) is 5.37. The van der Waals surface area contributed by atoms with E-state index in [0.29, 0.717) is 12.5 Å². The Morgan fingerprint density at radius 1 is 1.24 bits per heavy atom. The van der Waals surface area contributed by atoms with Gasteiger partial charge in [-0.05, 0) is 12.5 Å². The van der Waals surface area contributed by atoms with Crippen LogP contribution < -0.4 is 5.32 Å². The molecule has 7 nitrogen and oxygen atoms in total.